The van der Waals surface area contributed by atoms with Crippen molar-refractivity contribution in [3.63, 3.8) is 0 Å². The molecule has 0 fully saturated rings. The van der Waals surface area contributed by atoms with Gasteiger partial charge in [0.25, 0.3) is 0 Å². The summed E-state index contributed by atoms with van der Waals surface area (Å²) in [5.74, 6) is 1.29. The summed E-state index contributed by atoms with van der Waals surface area (Å²) >= 11 is 2.13. The standard InChI is InChI=1S/C13H14IN3/c1-13(2,9-6-4-3-5-7-9)12-16-8-10(14)11(15)17-12/h3-8H,1-2H3,(H2,15,16,17). The average Bonchev–Trinajstić information content (AvgIpc) is 2.33. The van der Waals surface area contributed by atoms with Gasteiger partial charge in [-0.05, 0) is 42.0 Å². The SMILES string of the molecule is CC(C)(c1ccccc1)c1ncc(I)c(N)n1. The van der Waals surface area contributed by atoms with Gasteiger partial charge in [-0.25, -0.2) is 9.97 Å². The molecule has 0 atom stereocenters. The van der Waals surface area contributed by atoms with Gasteiger partial charge >= 0.3 is 0 Å². The van der Waals surface area contributed by atoms with Crippen molar-refractivity contribution in [1.29, 1.82) is 0 Å². The maximum atomic E-state index is 5.84. The van der Waals surface area contributed by atoms with Crippen LogP contribution in [0.4, 0.5) is 5.82 Å². The fraction of sp³-hybridized carbons (Fsp3) is 0.231. The molecule has 0 spiro atoms. The van der Waals surface area contributed by atoms with Gasteiger partial charge in [0.1, 0.15) is 11.6 Å². The first-order valence-electron chi connectivity index (χ1n) is 5.36. The molecule has 2 N–H and O–H groups in total. The fourth-order valence-electron chi connectivity index (χ4n) is 1.67. The van der Waals surface area contributed by atoms with E-state index in [0.717, 1.165) is 9.39 Å². The Morgan fingerprint density at radius 2 is 1.82 bits per heavy atom. The monoisotopic (exact) mass is 339 g/mol. The Labute approximate surface area is 115 Å². The second kappa shape index (κ2) is 4.60. The number of rotatable bonds is 2. The highest BCUT2D eigenvalue weighted by molar-refractivity contribution is 14.1. The van der Waals surface area contributed by atoms with Crippen LogP contribution in [0.15, 0.2) is 36.5 Å². The molecule has 0 aliphatic heterocycles. The average molecular weight is 339 g/mol. The molecule has 0 aliphatic carbocycles. The minimum atomic E-state index is -0.236. The maximum absolute atomic E-state index is 5.84. The van der Waals surface area contributed by atoms with Crippen LogP contribution in [0, 0.1) is 3.57 Å². The van der Waals surface area contributed by atoms with Gasteiger partial charge in [-0.1, -0.05) is 30.3 Å². The predicted molar refractivity (Wildman–Crippen MR) is 77.7 cm³/mol. The highest BCUT2D eigenvalue weighted by Gasteiger charge is 2.26. The van der Waals surface area contributed by atoms with E-state index in [-0.39, 0.29) is 5.41 Å². The number of nitrogens with zero attached hydrogens (tertiary/aromatic N) is 2. The molecular formula is C13H14IN3. The van der Waals surface area contributed by atoms with Gasteiger partial charge < -0.3 is 5.73 Å². The van der Waals surface area contributed by atoms with Crippen molar-refractivity contribution in [2.75, 3.05) is 5.73 Å². The summed E-state index contributed by atoms with van der Waals surface area (Å²) in [6.07, 6.45) is 1.77. The van der Waals surface area contributed by atoms with Crippen molar-refractivity contribution in [2.45, 2.75) is 19.3 Å². The Bertz CT molecular complexity index is 523. The summed E-state index contributed by atoms with van der Waals surface area (Å²) in [5.41, 5.74) is 6.78. The molecule has 3 nitrogen and oxygen atoms in total. The van der Waals surface area contributed by atoms with Crippen LogP contribution in [0.25, 0.3) is 0 Å². The molecule has 0 unspecified atom stereocenters. The van der Waals surface area contributed by atoms with Gasteiger partial charge in [-0.2, -0.15) is 0 Å². The first-order valence-corrected chi connectivity index (χ1v) is 6.43. The highest BCUT2D eigenvalue weighted by atomic mass is 127. The fourth-order valence-corrected chi connectivity index (χ4v) is 1.93. The first-order chi connectivity index (χ1) is 8.01. The highest BCUT2D eigenvalue weighted by Crippen LogP contribution is 2.29. The third-order valence-corrected chi connectivity index (χ3v) is 3.66. The van der Waals surface area contributed by atoms with Gasteiger partial charge in [-0.15, -0.1) is 0 Å². The van der Waals surface area contributed by atoms with Gasteiger partial charge in [0.2, 0.25) is 0 Å². The van der Waals surface area contributed by atoms with E-state index in [1.807, 2.05) is 18.2 Å². The summed E-state index contributed by atoms with van der Waals surface area (Å²) in [6, 6.07) is 10.2. The minimum Gasteiger partial charge on any atom is -0.383 e. The Kier molecular flexibility index (Phi) is 3.33. The molecule has 2 aromatic rings. The Morgan fingerprint density at radius 3 is 2.41 bits per heavy atom. The molecule has 17 heavy (non-hydrogen) atoms. The Morgan fingerprint density at radius 1 is 1.18 bits per heavy atom. The molecule has 1 aromatic carbocycles. The molecule has 4 heteroatoms. The van der Waals surface area contributed by atoms with Crippen molar-refractivity contribution >= 4 is 28.4 Å². The molecule has 1 aromatic heterocycles. The van der Waals surface area contributed by atoms with Gasteiger partial charge in [0, 0.05) is 11.6 Å². The predicted octanol–water partition coefficient (Wildman–Crippen LogP) is 2.99. The van der Waals surface area contributed by atoms with Crippen LogP contribution >= 0.6 is 22.6 Å². The van der Waals surface area contributed by atoms with E-state index in [1.165, 1.54) is 5.56 Å². The molecular weight excluding hydrogens is 325 g/mol. The smallest absolute Gasteiger partial charge is 0.140 e. The van der Waals surface area contributed by atoms with E-state index in [4.69, 9.17) is 5.73 Å². The zero-order valence-corrected chi connectivity index (χ0v) is 12.0. The van der Waals surface area contributed by atoms with Crippen molar-refractivity contribution in [3.05, 3.63) is 51.5 Å². The number of nitrogens with two attached hydrogens (primary N) is 1. The van der Waals surface area contributed by atoms with Crippen LogP contribution < -0.4 is 5.73 Å². The lowest BCUT2D eigenvalue weighted by molar-refractivity contribution is 0.590. The Balaban J connectivity index is 2.48. The molecule has 0 radical (unpaired) electrons. The summed E-state index contributed by atoms with van der Waals surface area (Å²) < 4.78 is 0.884. The maximum Gasteiger partial charge on any atom is 0.140 e. The third kappa shape index (κ3) is 2.41. The van der Waals surface area contributed by atoms with Crippen LogP contribution in [0.2, 0.25) is 0 Å². The van der Waals surface area contributed by atoms with Crippen LogP contribution in [0.3, 0.4) is 0 Å². The van der Waals surface area contributed by atoms with Crippen LogP contribution in [-0.2, 0) is 5.41 Å². The molecule has 88 valence electrons. The second-order valence-electron chi connectivity index (χ2n) is 4.42. The van der Waals surface area contributed by atoms with E-state index in [1.54, 1.807) is 6.20 Å². The number of hydrogen-bond donors (Lipinski definition) is 1. The molecule has 2 rings (SSSR count). The molecule has 0 saturated carbocycles. The molecule has 0 saturated heterocycles. The first kappa shape index (κ1) is 12.3. The van der Waals surface area contributed by atoms with Crippen molar-refractivity contribution in [1.82, 2.24) is 9.97 Å². The second-order valence-corrected chi connectivity index (χ2v) is 5.58. The number of aromatic nitrogens is 2. The van der Waals surface area contributed by atoms with E-state index in [9.17, 15) is 0 Å². The van der Waals surface area contributed by atoms with Gasteiger partial charge in [0.05, 0.1) is 3.57 Å². The Hall–Kier alpha value is -1.17. The van der Waals surface area contributed by atoms with Gasteiger partial charge in [-0.3, -0.25) is 0 Å². The third-order valence-electron chi connectivity index (χ3n) is 2.83. The lowest BCUT2D eigenvalue weighted by Gasteiger charge is -2.23. The molecule has 0 aliphatic rings. The van der Waals surface area contributed by atoms with E-state index < -0.39 is 0 Å². The van der Waals surface area contributed by atoms with Crippen molar-refractivity contribution < 1.29 is 0 Å². The number of anilines is 1. The van der Waals surface area contributed by atoms with Crippen molar-refractivity contribution in [3.8, 4) is 0 Å². The molecule has 1 heterocycles. The number of hydrogen-bond acceptors (Lipinski definition) is 3. The zero-order chi connectivity index (χ0) is 12.5. The van der Waals surface area contributed by atoms with Crippen molar-refractivity contribution in [2.24, 2.45) is 0 Å². The lowest BCUT2D eigenvalue weighted by atomic mass is 9.84. The minimum absolute atomic E-state index is 0.236. The number of benzene rings is 1. The summed E-state index contributed by atoms with van der Waals surface area (Å²) in [4.78, 5) is 8.77. The number of halogens is 1. The largest absolute Gasteiger partial charge is 0.383 e. The van der Waals surface area contributed by atoms with E-state index in [0.29, 0.717) is 5.82 Å². The normalized spacial score (nSPS) is 11.5. The van der Waals surface area contributed by atoms with E-state index >= 15 is 0 Å². The summed E-state index contributed by atoms with van der Waals surface area (Å²) in [7, 11) is 0. The topological polar surface area (TPSA) is 51.8 Å². The zero-order valence-electron chi connectivity index (χ0n) is 9.81. The lowest BCUT2D eigenvalue weighted by Crippen LogP contribution is -2.23. The summed E-state index contributed by atoms with van der Waals surface area (Å²) in [5, 5.41) is 0. The number of nitrogen functional groups attached to an aromatic ring is 1. The molecule has 0 amide bonds. The summed E-state index contributed by atoms with van der Waals surface area (Å²) in [6.45, 7) is 4.20. The van der Waals surface area contributed by atoms with Gasteiger partial charge in [0.15, 0.2) is 0 Å². The van der Waals surface area contributed by atoms with Crippen LogP contribution in [-0.4, -0.2) is 9.97 Å². The molecule has 0 bridgehead atoms. The van der Waals surface area contributed by atoms with Crippen LogP contribution in [0.1, 0.15) is 25.2 Å². The quantitative estimate of drug-likeness (QED) is 0.856. The van der Waals surface area contributed by atoms with E-state index in [2.05, 4.69) is 58.5 Å². The van der Waals surface area contributed by atoms with Crippen LogP contribution in [0.5, 0.6) is 0 Å².